The molecular formula is C45H49N9O5. The van der Waals surface area contributed by atoms with Crippen LogP contribution in [0.1, 0.15) is 91.1 Å². The number of methoxy groups -OCH3 is 1. The van der Waals surface area contributed by atoms with Gasteiger partial charge in [0.05, 0.1) is 18.3 Å². The van der Waals surface area contributed by atoms with Crippen LogP contribution in [0.2, 0.25) is 0 Å². The first-order valence-electron chi connectivity index (χ1n) is 20.1. The lowest BCUT2D eigenvalue weighted by atomic mass is 9.89. The maximum atomic E-state index is 12.7. The van der Waals surface area contributed by atoms with E-state index in [-0.39, 0.29) is 35.0 Å². The number of likely N-dealkylation sites (tertiary alicyclic amines) is 1. The number of amides is 3. The molecule has 0 bridgehead atoms. The van der Waals surface area contributed by atoms with E-state index in [9.17, 15) is 14.4 Å². The number of ether oxygens (including phenoxy) is 1. The Kier molecular flexibility index (Phi) is 11.0. The number of imide groups is 1. The van der Waals surface area contributed by atoms with Crippen molar-refractivity contribution in [3.8, 4) is 28.1 Å². The molecule has 0 spiro atoms. The zero-order chi connectivity index (χ0) is 41.3. The topological polar surface area (TPSA) is 169 Å². The van der Waals surface area contributed by atoms with Crippen LogP contribution < -0.4 is 20.7 Å². The average Bonchev–Trinajstić information content (AvgIpc) is 3.91. The van der Waals surface area contributed by atoms with Crippen LogP contribution in [0.3, 0.4) is 0 Å². The average molecular weight is 796 g/mol. The van der Waals surface area contributed by atoms with Gasteiger partial charge in [0.15, 0.2) is 0 Å². The molecule has 8 rings (SSSR count). The number of nitrogens with zero attached hydrogens (tertiary/aromatic N) is 6. The molecule has 14 heteroatoms. The van der Waals surface area contributed by atoms with Crippen molar-refractivity contribution in [3.05, 3.63) is 113 Å². The highest BCUT2D eigenvalue weighted by molar-refractivity contribution is 6.01. The molecule has 5 heterocycles. The van der Waals surface area contributed by atoms with Gasteiger partial charge in [-0.1, -0.05) is 62.3 Å². The summed E-state index contributed by atoms with van der Waals surface area (Å²) in [7, 11) is 1.72. The second kappa shape index (κ2) is 16.5. The number of nitrogens with one attached hydrogen (secondary N) is 3. The molecule has 2 fully saturated rings. The fraction of sp³-hybridized carbons (Fsp3) is 0.356. The number of rotatable bonds is 11. The summed E-state index contributed by atoms with van der Waals surface area (Å²) in [5.74, 6) is 0.884. The Hall–Kier alpha value is -6.41. The molecule has 0 saturated carbocycles. The van der Waals surface area contributed by atoms with E-state index < -0.39 is 0 Å². The van der Waals surface area contributed by atoms with Crippen LogP contribution in [0.5, 0.6) is 5.75 Å². The van der Waals surface area contributed by atoms with Gasteiger partial charge in [0.1, 0.15) is 18.1 Å². The molecule has 1 atom stereocenters. The zero-order valence-corrected chi connectivity index (χ0v) is 34.0. The van der Waals surface area contributed by atoms with Crippen molar-refractivity contribution >= 4 is 28.9 Å². The van der Waals surface area contributed by atoms with Crippen LogP contribution in [0.15, 0.2) is 83.8 Å². The van der Waals surface area contributed by atoms with E-state index >= 15 is 0 Å². The van der Waals surface area contributed by atoms with E-state index in [1.165, 1.54) is 5.56 Å². The molecule has 0 radical (unpaired) electrons. The molecule has 2 saturated heterocycles. The summed E-state index contributed by atoms with van der Waals surface area (Å²) in [6, 6.07) is 22.6. The maximum absolute atomic E-state index is 12.7. The number of benzene rings is 3. The second-order valence-electron chi connectivity index (χ2n) is 16.5. The van der Waals surface area contributed by atoms with Crippen molar-refractivity contribution < 1.29 is 23.6 Å². The van der Waals surface area contributed by atoms with Crippen molar-refractivity contribution in [1.82, 2.24) is 40.3 Å². The molecule has 2 aliphatic rings. The normalized spacial score (nSPS) is 16.6. The summed E-state index contributed by atoms with van der Waals surface area (Å²) < 4.78 is 13.1. The molecule has 1 unspecified atom stereocenters. The van der Waals surface area contributed by atoms with Gasteiger partial charge in [-0.25, -0.2) is 9.50 Å². The number of hydrogen-bond acceptors (Lipinski definition) is 11. The fourth-order valence-electron chi connectivity index (χ4n) is 7.83. The Morgan fingerprint density at radius 2 is 1.71 bits per heavy atom. The maximum Gasteiger partial charge on any atom is 0.292 e. The Morgan fingerprint density at radius 1 is 0.949 bits per heavy atom. The van der Waals surface area contributed by atoms with E-state index in [1.54, 1.807) is 13.4 Å². The van der Waals surface area contributed by atoms with E-state index in [2.05, 4.69) is 83.5 Å². The number of carbonyl (C=O) groups is 3. The van der Waals surface area contributed by atoms with Crippen LogP contribution in [0.4, 0.5) is 5.69 Å². The van der Waals surface area contributed by atoms with Gasteiger partial charge >= 0.3 is 0 Å². The van der Waals surface area contributed by atoms with E-state index in [0.29, 0.717) is 31.2 Å². The number of piperidine rings is 2. The van der Waals surface area contributed by atoms with Crippen LogP contribution in [-0.4, -0.2) is 73.6 Å². The zero-order valence-electron chi connectivity index (χ0n) is 34.0. The van der Waals surface area contributed by atoms with Gasteiger partial charge in [0, 0.05) is 53.5 Å². The van der Waals surface area contributed by atoms with Crippen LogP contribution in [-0.2, 0) is 28.1 Å². The van der Waals surface area contributed by atoms with E-state index in [0.717, 1.165) is 88.5 Å². The minimum Gasteiger partial charge on any atom is -0.496 e. The van der Waals surface area contributed by atoms with Gasteiger partial charge in [-0.3, -0.25) is 24.6 Å². The molecule has 2 aliphatic heterocycles. The van der Waals surface area contributed by atoms with Crippen molar-refractivity contribution in [3.63, 3.8) is 0 Å². The van der Waals surface area contributed by atoms with Crippen molar-refractivity contribution in [2.75, 3.05) is 25.5 Å². The Balaban J connectivity index is 0.891. The van der Waals surface area contributed by atoms with Crippen molar-refractivity contribution in [2.24, 2.45) is 0 Å². The SMILES string of the molecule is COc1cc(-c2cc3c(-c4ccc(CNC(=O)c5noc(C(C)(C)C)n5)c(C)c4)ncnn3c2)ccc1CN1CCC(c2ccc(NC3CCC(=O)NC3=O)cc2)CC1. The third kappa shape index (κ3) is 8.72. The summed E-state index contributed by atoms with van der Waals surface area (Å²) >= 11 is 0. The van der Waals surface area contributed by atoms with Gasteiger partial charge < -0.3 is 19.9 Å². The molecule has 3 N–H and O–H groups in total. The number of aryl methyl sites for hydroxylation is 1. The smallest absolute Gasteiger partial charge is 0.292 e. The molecular weight excluding hydrogens is 747 g/mol. The largest absolute Gasteiger partial charge is 0.496 e. The summed E-state index contributed by atoms with van der Waals surface area (Å²) in [4.78, 5) is 47.8. The lowest BCUT2D eigenvalue weighted by Crippen LogP contribution is -2.47. The van der Waals surface area contributed by atoms with E-state index in [1.807, 2.05) is 62.7 Å². The number of hydrogen-bond donors (Lipinski definition) is 3. The number of anilines is 1. The Bertz CT molecular complexity index is 2510. The van der Waals surface area contributed by atoms with Crippen molar-refractivity contribution in [1.29, 1.82) is 0 Å². The molecule has 3 aromatic carbocycles. The fourth-order valence-corrected chi connectivity index (χ4v) is 7.83. The first-order valence-corrected chi connectivity index (χ1v) is 20.1. The highest BCUT2D eigenvalue weighted by atomic mass is 16.5. The van der Waals surface area contributed by atoms with Crippen LogP contribution >= 0.6 is 0 Å². The monoisotopic (exact) mass is 795 g/mol. The number of fused-ring (bicyclic) bond motifs is 1. The predicted octanol–water partition coefficient (Wildman–Crippen LogP) is 6.59. The minimum atomic E-state index is -0.389. The van der Waals surface area contributed by atoms with Gasteiger partial charge in [-0.2, -0.15) is 10.1 Å². The third-order valence-electron chi connectivity index (χ3n) is 11.3. The van der Waals surface area contributed by atoms with Gasteiger partial charge in [0.2, 0.25) is 17.7 Å². The number of aromatic nitrogens is 5. The van der Waals surface area contributed by atoms with E-state index in [4.69, 9.17) is 9.26 Å². The predicted molar refractivity (Wildman–Crippen MR) is 223 cm³/mol. The summed E-state index contributed by atoms with van der Waals surface area (Å²) in [6.45, 7) is 10.9. The third-order valence-corrected chi connectivity index (χ3v) is 11.3. The molecule has 3 amide bonds. The summed E-state index contributed by atoms with van der Waals surface area (Å²) in [5.41, 5.74) is 9.61. The molecule has 14 nitrogen and oxygen atoms in total. The number of carbonyl (C=O) groups excluding carboxylic acids is 3. The molecule has 3 aromatic heterocycles. The minimum absolute atomic E-state index is 0.0179. The van der Waals surface area contributed by atoms with Crippen LogP contribution in [0, 0.1) is 6.92 Å². The Labute approximate surface area is 342 Å². The highest BCUT2D eigenvalue weighted by Gasteiger charge is 2.27. The first kappa shape index (κ1) is 39.4. The van der Waals surface area contributed by atoms with Crippen molar-refractivity contribution in [2.45, 2.75) is 83.8 Å². The molecule has 304 valence electrons. The quantitative estimate of drug-likeness (QED) is 0.121. The molecule has 59 heavy (non-hydrogen) atoms. The lowest BCUT2D eigenvalue weighted by Gasteiger charge is -2.32. The standard InChI is InChI=1S/C45H49N9O5/c1-27-20-31(7-8-32(27)23-46-43(57)41-51-44(59-52-41)45(2,3)4)40-37-21-34(25-54(37)48-26-47-40)30-6-9-33(38(22-30)58-5)24-53-18-16-29(17-19-53)28-10-12-35(13-11-28)49-36-14-15-39(55)50-42(36)56/h6-13,20-22,25-26,29,36,49H,14-19,23-24H2,1-5H3,(H,46,57)(H,50,55,56). The van der Waals surface area contributed by atoms with Gasteiger partial charge in [0.25, 0.3) is 11.7 Å². The summed E-state index contributed by atoms with van der Waals surface area (Å²) in [6.07, 6.45) is 6.54. The molecule has 6 aromatic rings. The second-order valence-corrected chi connectivity index (χ2v) is 16.5. The highest BCUT2D eigenvalue weighted by Crippen LogP contribution is 2.34. The molecule has 0 aliphatic carbocycles. The first-order chi connectivity index (χ1) is 28.4. The van der Waals surface area contributed by atoms with Crippen LogP contribution in [0.25, 0.3) is 27.9 Å². The van der Waals surface area contributed by atoms with Gasteiger partial charge in [-0.05, 0) is 97.8 Å². The lowest BCUT2D eigenvalue weighted by molar-refractivity contribution is -0.133. The van der Waals surface area contributed by atoms with Gasteiger partial charge in [-0.15, -0.1) is 0 Å². The Morgan fingerprint density at radius 3 is 2.42 bits per heavy atom. The summed E-state index contributed by atoms with van der Waals surface area (Å²) in [5, 5.41) is 16.9.